The fourth-order valence-electron chi connectivity index (χ4n) is 1.48. The first-order chi connectivity index (χ1) is 9.54. The second kappa shape index (κ2) is 7.06. The molecular formula is C14H10Br2O3S. The van der Waals surface area contributed by atoms with Crippen LogP contribution in [0.25, 0.3) is 6.08 Å². The minimum absolute atomic E-state index is 0.499. The van der Waals surface area contributed by atoms with E-state index in [-0.39, 0.29) is 0 Å². The van der Waals surface area contributed by atoms with Gasteiger partial charge in [-0.3, -0.25) is 0 Å². The van der Waals surface area contributed by atoms with Gasteiger partial charge in [0.05, 0.1) is 8.26 Å². The quantitative estimate of drug-likeness (QED) is 0.700. The van der Waals surface area contributed by atoms with Crippen LogP contribution in [0.4, 0.5) is 0 Å². The van der Waals surface area contributed by atoms with Crippen molar-refractivity contribution in [3.63, 3.8) is 0 Å². The molecule has 104 valence electrons. The number of benzene rings is 1. The van der Waals surface area contributed by atoms with E-state index in [1.165, 1.54) is 6.08 Å². The van der Waals surface area contributed by atoms with Gasteiger partial charge in [0.15, 0.2) is 0 Å². The van der Waals surface area contributed by atoms with Gasteiger partial charge in [-0.2, -0.15) is 0 Å². The molecule has 0 saturated heterocycles. The van der Waals surface area contributed by atoms with Crippen LogP contribution in [-0.2, 0) is 11.4 Å². The molecule has 0 fully saturated rings. The van der Waals surface area contributed by atoms with E-state index in [4.69, 9.17) is 9.84 Å². The largest absolute Gasteiger partial charge is 0.487 e. The predicted molar refractivity (Wildman–Crippen MR) is 87.2 cm³/mol. The van der Waals surface area contributed by atoms with Crippen molar-refractivity contribution in [2.75, 3.05) is 0 Å². The number of carboxylic acids is 1. The average molecular weight is 418 g/mol. The van der Waals surface area contributed by atoms with Crippen LogP contribution in [0.3, 0.4) is 0 Å². The fraction of sp³-hybridized carbons (Fsp3) is 0.0714. The monoisotopic (exact) mass is 416 g/mol. The molecule has 1 heterocycles. The zero-order valence-corrected chi connectivity index (χ0v) is 14.2. The molecule has 0 aliphatic rings. The lowest BCUT2D eigenvalue weighted by Crippen LogP contribution is -1.94. The summed E-state index contributed by atoms with van der Waals surface area (Å²) in [4.78, 5) is 11.6. The number of halogens is 2. The molecule has 0 amide bonds. The molecule has 6 heteroatoms. The SMILES string of the molecule is O=C(O)C=Cc1ccc(OCc2ccc(Br)s2)c(Br)c1. The first-order valence-electron chi connectivity index (χ1n) is 5.62. The Morgan fingerprint density at radius 1 is 1.30 bits per heavy atom. The molecule has 3 nitrogen and oxygen atoms in total. The Balaban J connectivity index is 2.04. The molecular weight excluding hydrogens is 408 g/mol. The van der Waals surface area contributed by atoms with E-state index in [0.29, 0.717) is 6.61 Å². The Hall–Kier alpha value is -1.11. The Kier molecular flexibility index (Phi) is 5.39. The summed E-state index contributed by atoms with van der Waals surface area (Å²) in [5.74, 6) is -0.244. The normalized spacial score (nSPS) is 10.9. The fourth-order valence-corrected chi connectivity index (χ4v) is 3.39. The second-order valence-electron chi connectivity index (χ2n) is 3.86. The van der Waals surface area contributed by atoms with E-state index in [9.17, 15) is 4.79 Å². The van der Waals surface area contributed by atoms with Crippen LogP contribution in [0.15, 0.2) is 44.7 Å². The first-order valence-corrected chi connectivity index (χ1v) is 8.02. The van der Waals surface area contributed by atoms with Gasteiger partial charge in [-0.25, -0.2) is 4.79 Å². The lowest BCUT2D eigenvalue weighted by molar-refractivity contribution is -0.131. The molecule has 20 heavy (non-hydrogen) atoms. The van der Waals surface area contributed by atoms with Crippen LogP contribution >= 0.6 is 43.2 Å². The van der Waals surface area contributed by atoms with E-state index in [1.807, 2.05) is 30.3 Å². The van der Waals surface area contributed by atoms with Crippen molar-refractivity contribution in [1.29, 1.82) is 0 Å². The van der Waals surface area contributed by atoms with Gasteiger partial charge in [-0.1, -0.05) is 6.07 Å². The highest BCUT2D eigenvalue weighted by Gasteiger charge is 2.04. The highest BCUT2D eigenvalue weighted by Crippen LogP contribution is 2.29. The summed E-state index contributed by atoms with van der Waals surface area (Å²) in [6.45, 7) is 0.499. The number of carbonyl (C=O) groups is 1. The maximum absolute atomic E-state index is 10.5. The van der Waals surface area contributed by atoms with E-state index in [2.05, 4.69) is 31.9 Å². The Bertz CT molecular complexity index is 650. The maximum atomic E-state index is 10.5. The molecule has 1 aromatic heterocycles. The molecule has 2 aromatic rings. The van der Waals surface area contributed by atoms with Gasteiger partial charge < -0.3 is 9.84 Å². The van der Waals surface area contributed by atoms with Gasteiger partial charge in [-0.15, -0.1) is 11.3 Å². The van der Waals surface area contributed by atoms with Gasteiger partial charge in [0, 0.05) is 11.0 Å². The van der Waals surface area contributed by atoms with Crippen LogP contribution in [0.1, 0.15) is 10.4 Å². The Morgan fingerprint density at radius 2 is 2.10 bits per heavy atom. The number of rotatable bonds is 5. The highest BCUT2D eigenvalue weighted by molar-refractivity contribution is 9.11. The first kappa shape index (κ1) is 15.3. The van der Waals surface area contributed by atoms with Gasteiger partial charge in [-0.05, 0) is 67.8 Å². The third kappa shape index (κ3) is 4.47. The number of carboxylic acid groups (broad SMARTS) is 1. The molecule has 0 atom stereocenters. The summed E-state index contributed by atoms with van der Waals surface area (Å²) >= 11 is 8.46. The van der Waals surface area contributed by atoms with Crippen molar-refractivity contribution in [3.8, 4) is 5.75 Å². The van der Waals surface area contributed by atoms with Crippen LogP contribution < -0.4 is 4.74 Å². The van der Waals surface area contributed by atoms with Gasteiger partial charge >= 0.3 is 5.97 Å². The van der Waals surface area contributed by atoms with Crippen molar-refractivity contribution in [2.45, 2.75) is 6.61 Å². The molecule has 0 bridgehead atoms. The minimum Gasteiger partial charge on any atom is -0.487 e. The third-order valence-corrected chi connectivity index (χ3v) is 4.59. The molecule has 0 aliphatic carbocycles. The molecule has 0 saturated carbocycles. The van der Waals surface area contributed by atoms with Crippen molar-refractivity contribution >= 4 is 55.2 Å². The zero-order chi connectivity index (χ0) is 14.5. The number of ether oxygens (including phenoxy) is 1. The second-order valence-corrected chi connectivity index (χ2v) is 7.26. The number of thiophene rings is 1. The van der Waals surface area contributed by atoms with Crippen LogP contribution in [0.5, 0.6) is 5.75 Å². The number of aliphatic carboxylic acids is 1. The molecule has 0 unspecified atom stereocenters. The van der Waals surface area contributed by atoms with E-state index in [1.54, 1.807) is 11.3 Å². The molecule has 0 aliphatic heterocycles. The highest BCUT2D eigenvalue weighted by atomic mass is 79.9. The van der Waals surface area contributed by atoms with Gasteiger partial charge in [0.25, 0.3) is 0 Å². The summed E-state index contributed by atoms with van der Waals surface area (Å²) in [5.41, 5.74) is 0.797. The predicted octanol–water partition coefficient (Wildman–Crippen LogP) is 4.95. The summed E-state index contributed by atoms with van der Waals surface area (Å²) in [5, 5.41) is 8.59. The van der Waals surface area contributed by atoms with Gasteiger partial charge in [0.2, 0.25) is 0 Å². The van der Waals surface area contributed by atoms with Crippen molar-refractivity contribution in [3.05, 3.63) is 55.1 Å². The summed E-state index contributed by atoms with van der Waals surface area (Å²) < 4.78 is 7.58. The minimum atomic E-state index is -0.968. The smallest absolute Gasteiger partial charge is 0.328 e. The number of hydrogen-bond acceptors (Lipinski definition) is 3. The van der Waals surface area contributed by atoms with E-state index in [0.717, 1.165) is 30.5 Å². The maximum Gasteiger partial charge on any atom is 0.328 e. The van der Waals surface area contributed by atoms with E-state index >= 15 is 0 Å². The summed E-state index contributed by atoms with van der Waals surface area (Å²) in [7, 11) is 0. The molecule has 1 aromatic carbocycles. The van der Waals surface area contributed by atoms with Gasteiger partial charge in [0.1, 0.15) is 12.4 Å². The summed E-state index contributed by atoms with van der Waals surface area (Å²) in [6, 6.07) is 9.43. The van der Waals surface area contributed by atoms with Crippen LogP contribution in [0, 0.1) is 0 Å². The van der Waals surface area contributed by atoms with E-state index < -0.39 is 5.97 Å². The lowest BCUT2D eigenvalue weighted by atomic mass is 10.2. The van der Waals surface area contributed by atoms with Crippen LogP contribution in [-0.4, -0.2) is 11.1 Å². The Labute approximate surface area is 137 Å². The molecule has 0 radical (unpaired) electrons. The standard InChI is InChI=1S/C14H10Br2O3S/c15-11-7-9(2-6-14(17)18)1-4-12(11)19-8-10-3-5-13(16)20-10/h1-7H,8H2,(H,17,18). The molecule has 1 N–H and O–H groups in total. The average Bonchev–Trinajstić information content (AvgIpc) is 2.81. The topological polar surface area (TPSA) is 46.5 Å². The van der Waals surface area contributed by atoms with Crippen molar-refractivity contribution < 1.29 is 14.6 Å². The zero-order valence-electron chi connectivity index (χ0n) is 10.2. The lowest BCUT2D eigenvalue weighted by Gasteiger charge is -2.07. The van der Waals surface area contributed by atoms with Crippen molar-refractivity contribution in [2.24, 2.45) is 0 Å². The third-order valence-electron chi connectivity index (χ3n) is 2.37. The molecule has 2 rings (SSSR count). The van der Waals surface area contributed by atoms with Crippen molar-refractivity contribution in [1.82, 2.24) is 0 Å². The Morgan fingerprint density at radius 3 is 2.70 bits per heavy atom. The van der Waals surface area contributed by atoms with Crippen LogP contribution in [0.2, 0.25) is 0 Å². The summed E-state index contributed by atoms with van der Waals surface area (Å²) in [6.07, 6.45) is 2.64. The number of hydrogen-bond donors (Lipinski definition) is 1. The molecule has 0 spiro atoms.